The molecule has 122 valence electrons. The lowest BCUT2D eigenvalue weighted by Crippen LogP contribution is -2.28. The Balaban J connectivity index is 2.37. The summed E-state index contributed by atoms with van der Waals surface area (Å²) < 4.78 is 11.7. The molecule has 3 N–H and O–H groups in total. The molecule has 0 saturated carbocycles. The smallest absolute Gasteiger partial charge is 0.256 e. The number of nitrogens with two attached hydrogens (primary N) is 1. The third kappa shape index (κ3) is 2.55. The Morgan fingerprint density at radius 2 is 2.17 bits per heavy atom. The van der Waals surface area contributed by atoms with Crippen LogP contribution in [0, 0.1) is 18.3 Å². The van der Waals surface area contributed by atoms with E-state index in [-0.39, 0.29) is 17.0 Å². The highest BCUT2D eigenvalue weighted by atomic mass is 79.9. The average molecular weight is 388 g/mol. The Hall–Kier alpha value is -2.72. The molecule has 1 aromatic heterocycles. The van der Waals surface area contributed by atoms with Crippen molar-refractivity contribution in [3.8, 4) is 17.6 Å². The second-order valence-electron chi connectivity index (χ2n) is 5.37. The van der Waals surface area contributed by atoms with Crippen LogP contribution in [-0.2, 0) is 0 Å². The fourth-order valence-corrected chi connectivity index (χ4v) is 3.23. The van der Waals surface area contributed by atoms with Gasteiger partial charge in [0.2, 0.25) is 5.88 Å². The minimum atomic E-state index is -0.671. The number of pyridine rings is 1. The number of nitriles is 1. The number of hydrogen-bond donors (Lipinski definition) is 2. The molecule has 1 atom stereocenters. The molecule has 0 bridgehead atoms. The Bertz CT molecular complexity index is 957. The summed E-state index contributed by atoms with van der Waals surface area (Å²) in [6, 6.07) is 9.15. The van der Waals surface area contributed by atoms with Crippen LogP contribution in [0.3, 0.4) is 0 Å². The first-order valence-corrected chi connectivity index (χ1v) is 7.90. The Morgan fingerprint density at radius 1 is 1.42 bits per heavy atom. The maximum Gasteiger partial charge on any atom is 0.256 e. The number of halogens is 1. The lowest BCUT2D eigenvalue weighted by atomic mass is 9.83. The quantitative estimate of drug-likeness (QED) is 0.824. The molecule has 6 nitrogen and oxygen atoms in total. The van der Waals surface area contributed by atoms with Crippen LogP contribution in [0.1, 0.15) is 22.7 Å². The number of nitrogens with one attached hydrogen (secondary N) is 1. The number of H-pyrrole nitrogens is 1. The first-order chi connectivity index (χ1) is 11.5. The molecule has 2 heterocycles. The highest BCUT2D eigenvalue weighted by Gasteiger charge is 2.35. The third-order valence-electron chi connectivity index (χ3n) is 3.85. The summed E-state index contributed by atoms with van der Waals surface area (Å²) >= 11 is 3.42. The standard InChI is InChI=1S/C17H14BrN3O3/c1-8-5-13-15(17(22)21-8)14(11(7-19)16(20)24-13)10-6-9(18)3-4-12(10)23-2/h3-6,14H,20H2,1-2H3,(H,21,22). The van der Waals surface area contributed by atoms with Gasteiger partial charge >= 0.3 is 0 Å². The lowest BCUT2D eigenvalue weighted by Gasteiger charge is -2.26. The van der Waals surface area contributed by atoms with E-state index in [1.165, 1.54) is 7.11 Å². The molecule has 0 spiro atoms. The average Bonchev–Trinajstić information content (AvgIpc) is 2.53. The Labute approximate surface area is 146 Å². The van der Waals surface area contributed by atoms with Crippen LogP contribution in [0.25, 0.3) is 0 Å². The molecule has 0 fully saturated rings. The summed E-state index contributed by atoms with van der Waals surface area (Å²) in [7, 11) is 1.53. The van der Waals surface area contributed by atoms with Crippen LogP contribution in [0.2, 0.25) is 0 Å². The van der Waals surface area contributed by atoms with Gasteiger partial charge in [0.15, 0.2) is 0 Å². The van der Waals surface area contributed by atoms with E-state index < -0.39 is 5.92 Å². The highest BCUT2D eigenvalue weighted by molar-refractivity contribution is 9.10. The number of aromatic amines is 1. The summed E-state index contributed by atoms with van der Waals surface area (Å²) in [5.74, 6) is 0.217. The molecule has 1 aliphatic heterocycles. The molecular formula is C17H14BrN3O3. The van der Waals surface area contributed by atoms with Crippen molar-refractivity contribution in [1.29, 1.82) is 5.26 Å². The second kappa shape index (κ2) is 6.06. The van der Waals surface area contributed by atoms with Gasteiger partial charge in [-0.3, -0.25) is 4.79 Å². The first kappa shape index (κ1) is 16.1. The van der Waals surface area contributed by atoms with Gasteiger partial charge in [-0.15, -0.1) is 0 Å². The number of rotatable bonds is 2. The molecule has 0 aliphatic carbocycles. The van der Waals surface area contributed by atoms with Gasteiger partial charge in [-0.1, -0.05) is 15.9 Å². The molecular weight excluding hydrogens is 374 g/mol. The number of aryl methyl sites for hydroxylation is 1. The minimum absolute atomic E-state index is 0.0120. The van der Waals surface area contributed by atoms with Crippen molar-refractivity contribution in [3.05, 3.63) is 67.4 Å². The van der Waals surface area contributed by atoms with E-state index in [0.717, 1.165) is 4.47 Å². The second-order valence-corrected chi connectivity index (χ2v) is 6.29. The van der Waals surface area contributed by atoms with Crippen LogP contribution in [0.4, 0.5) is 0 Å². The van der Waals surface area contributed by atoms with E-state index in [9.17, 15) is 10.1 Å². The minimum Gasteiger partial charge on any atom is -0.496 e. The van der Waals surface area contributed by atoms with Crippen molar-refractivity contribution >= 4 is 15.9 Å². The van der Waals surface area contributed by atoms with Gasteiger partial charge in [0.05, 0.1) is 18.6 Å². The molecule has 0 radical (unpaired) electrons. The maximum absolute atomic E-state index is 12.6. The zero-order valence-corrected chi connectivity index (χ0v) is 14.6. The highest BCUT2D eigenvalue weighted by Crippen LogP contribution is 2.43. The van der Waals surface area contributed by atoms with E-state index in [1.54, 1.807) is 19.1 Å². The van der Waals surface area contributed by atoms with E-state index in [1.807, 2.05) is 12.1 Å². The number of allylic oxidation sites excluding steroid dienone is 1. The van der Waals surface area contributed by atoms with Crippen molar-refractivity contribution < 1.29 is 9.47 Å². The summed E-state index contributed by atoms with van der Waals surface area (Å²) in [6.45, 7) is 1.75. The van der Waals surface area contributed by atoms with Crippen molar-refractivity contribution in [1.82, 2.24) is 4.98 Å². The number of ether oxygens (including phenoxy) is 2. The third-order valence-corrected chi connectivity index (χ3v) is 4.35. The van der Waals surface area contributed by atoms with Gasteiger partial charge in [-0.2, -0.15) is 5.26 Å². The van der Waals surface area contributed by atoms with Crippen molar-refractivity contribution in [3.63, 3.8) is 0 Å². The lowest BCUT2D eigenvalue weighted by molar-refractivity contribution is 0.384. The number of methoxy groups -OCH3 is 1. The molecule has 7 heteroatoms. The monoisotopic (exact) mass is 387 g/mol. The predicted octanol–water partition coefficient (Wildman–Crippen LogP) is 2.67. The number of nitrogens with zero attached hydrogens (tertiary/aromatic N) is 1. The van der Waals surface area contributed by atoms with Crippen LogP contribution in [0.5, 0.6) is 11.5 Å². The number of benzene rings is 1. The molecule has 2 aromatic rings. The fraction of sp³-hybridized carbons (Fsp3) is 0.176. The molecule has 1 aliphatic rings. The predicted molar refractivity (Wildman–Crippen MR) is 91.8 cm³/mol. The van der Waals surface area contributed by atoms with E-state index >= 15 is 0 Å². The first-order valence-electron chi connectivity index (χ1n) is 7.11. The van der Waals surface area contributed by atoms with Crippen LogP contribution >= 0.6 is 15.9 Å². The molecule has 1 aromatic carbocycles. The zero-order valence-electron chi connectivity index (χ0n) is 13.0. The maximum atomic E-state index is 12.6. The number of hydrogen-bond acceptors (Lipinski definition) is 5. The SMILES string of the molecule is COc1ccc(Br)cc1C1C(C#N)=C(N)Oc2cc(C)[nH]c(=O)c21. The normalized spacial score (nSPS) is 16.2. The fourth-order valence-electron chi connectivity index (χ4n) is 2.85. The summed E-state index contributed by atoms with van der Waals surface area (Å²) in [5, 5.41) is 9.56. The summed E-state index contributed by atoms with van der Waals surface area (Å²) in [5.41, 5.74) is 7.42. The van der Waals surface area contributed by atoms with Gasteiger partial charge < -0.3 is 20.2 Å². The van der Waals surface area contributed by atoms with E-state index in [2.05, 4.69) is 27.0 Å². The topological polar surface area (TPSA) is 101 Å². The van der Waals surface area contributed by atoms with Gasteiger partial charge in [0.1, 0.15) is 23.1 Å². The van der Waals surface area contributed by atoms with Crippen LogP contribution in [0.15, 0.2) is 45.0 Å². The number of fused-ring (bicyclic) bond motifs is 1. The van der Waals surface area contributed by atoms with Crippen molar-refractivity contribution in [2.45, 2.75) is 12.8 Å². The van der Waals surface area contributed by atoms with Gasteiger partial charge in [-0.25, -0.2) is 0 Å². The van der Waals surface area contributed by atoms with Gasteiger partial charge in [-0.05, 0) is 25.1 Å². The van der Waals surface area contributed by atoms with E-state index in [0.29, 0.717) is 28.3 Å². The zero-order chi connectivity index (χ0) is 17.4. The van der Waals surface area contributed by atoms with Crippen molar-refractivity contribution in [2.75, 3.05) is 7.11 Å². The van der Waals surface area contributed by atoms with Crippen LogP contribution < -0.4 is 20.8 Å². The van der Waals surface area contributed by atoms with Crippen molar-refractivity contribution in [2.24, 2.45) is 5.73 Å². The molecule has 0 saturated heterocycles. The molecule has 1 unspecified atom stereocenters. The largest absolute Gasteiger partial charge is 0.496 e. The summed E-state index contributed by atoms with van der Waals surface area (Å²) in [4.78, 5) is 15.3. The van der Waals surface area contributed by atoms with Gasteiger partial charge in [0.25, 0.3) is 5.56 Å². The Kier molecular flexibility index (Phi) is 4.08. The molecule has 24 heavy (non-hydrogen) atoms. The summed E-state index contributed by atoms with van der Waals surface area (Å²) in [6.07, 6.45) is 0. The van der Waals surface area contributed by atoms with Crippen LogP contribution in [-0.4, -0.2) is 12.1 Å². The molecule has 0 amide bonds. The van der Waals surface area contributed by atoms with E-state index in [4.69, 9.17) is 15.2 Å². The Morgan fingerprint density at radius 3 is 2.83 bits per heavy atom. The number of aromatic nitrogens is 1. The molecule has 3 rings (SSSR count). The van der Waals surface area contributed by atoms with Gasteiger partial charge in [0, 0.05) is 21.8 Å².